The summed E-state index contributed by atoms with van der Waals surface area (Å²) in [6.45, 7) is -0.568. The van der Waals surface area contributed by atoms with Crippen molar-refractivity contribution >= 4 is 17.8 Å². The number of nitrogens with two attached hydrogens (primary N) is 1. The Labute approximate surface area is 154 Å². The zero-order chi connectivity index (χ0) is 19.8. The van der Waals surface area contributed by atoms with E-state index >= 15 is 0 Å². The van der Waals surface area contributed by atoms with E-state index in [4.69, 9.17) is 10.8 Å². The molecule has 144 valence electrons. The number of aromatic amines is 1. The molecule has 2 amide bonds. The van der Waals surface area contributed by atoms with E-state index in [1.165, 1.54) is 18.5 Å². The molecule has 0 saturated carbocycles. The molecule has 0 saturated heterocycles. The van der Waals surface area contributed by atoms with Crippen molar-refractivity contribution in [3.8, 4) is 5.75 Å². The van der Waals surface area contributed by atoms with Gasteiger partial charge in [-0.15, -0.1) is 0 Å². The monoisotopic (exact) mass is 375 g/mol. The van der Waals surface area contributed by atoms with Crippen LogP contribution in [0.25, 0.3) is 0 Å². The largest absolute Gasteiger partial charge is 0.508 e. The first-order chi connectivity index (χ1) is 12.8. The van der Waals surface area contributed by atoms with Crippen molar-refractivity contribution < 1.29 is 24.6 Å². The van der Waals surface area contributed by atoms with Gasteiger partial charge in [0.2, 0.25) is 11.8 Å². The first-order valence-corrected chi connectivity index (χ1v) is 8.15. The van der Waals surface area contributed by atoms with Crippen LogP contribution in [0.15, 0.2) is 36.8 Å². The van der Waals surface area contributed by atoms with Crippen LogP contribution in [0, 0.1) is 0 Å². The minimum absolute atomic E-state index is 0.0660. The van der Waals surface area contributed by atoms with E-state index in [9.17, 15) is 19.5 Å². The summed E-state index contributed by atoms with van der Waals surface area (Å²) in [7, 11) is 0. The molecule has 0 aliphatic rings. The van der Waals surface area contributed by atoms with E-state index in [0.29, 0.717) is 11.3 Å². The first-order valence-electron chi connectivity index (χ1n) is 8.15. The fourth-order valence-electron chi connectivity index (χ4n) is 2.37. The normalized spacial score (nSPS) is 12.8. The van der Waals surface area contributed by atoms with Gasteiger partial charge in [0.15, 0.2) is 0 Å². The zero-order valence-corrected chi connectivity index (χ0v) is 14.4. The van der Waals surface area contributed by atoms with E-state index in [2.05, 4.69) is 20.6 Å². The lowest BCUT2D eigenvalue weighted by atomic mass is 10.0. The molecule has 0 fully saturated rings. The number of phenolic OH excluding ortho intramolecular Hbond substituents is 1. The maximum Gasteiger partial charge on any atom is 0.322 e. The smallest absolute Gasteiger partial charge is 0.322 e. The lowest BCUT2D eigenvalue weighted by molar-refractivity contribution is -0.138. The van der Waals surface area contributed by atoms with Crippen LogP contribution in [0.1, 0.15) is 11.3 Å². The standard InChI is InChI=1S/C17H21N5O5/c18-13(6-11-7-19-9-21-11)16(26)22-14(17(27)20-8-15(24)25)5-10-1-3-12(23)4-2-10/h1-4,7,9,13-14,23H,5-6,8,18H2,(H,19,21)(H,20,27)(H,22,26)(H,24,25)/t13-,14-/m0/s1. The van der Waals surface area contributed by atoms with Crippen molar-refractivity contribution in [2.24, 2.45) is 5.73 Å². The summed E-state index contributed by atoms with van der Waals surface area (Å²) in [5, 5.41) is 22.9. The fourth-order valence-corrected chi connectivity index (χ4v) is 2.37. The van der Waals surface area contributed by atoms with Gasteiger partial charge in [0.1, 0.15) is 18.3 Å². The van der Waals surface area contributed by atoms with Crippen LogP contribution in [0.3, 0.4) is 0 Å². The Morgan fingerprint density at radius 2 is 1.85 bits per heavy atom. The Morgan fingerprint density at radius 3 is 2.44 bits per heavy atom. The summed E-state index contributed by atoms with van der Waals surface area (Å²) in [5.41, 5.74) is 7.22. The van der Waals surface area contributed by atoms with Crippen molar-refractivity contribution in [2.45, 2.75) is 24.9 Å². The maximum atomic E-state index is 12.4. The molecular formula is C17H21N5O5. The van der Waals surface area contributed by atoms with Gasteiger partial charge in [-0.05, 0) is 17.7 Å². The number of imidazole rings is 1. The maximum absolute atomic E-state index is 12.4. The SMILES string of the molecule is N[C@@H](Cc1cnc[nH]1)C(=O)N[C@@H](Cc1ccc(O)cc1)C(=O)NCC(=O)O. The Hall–Kier alpha value is -3.40. The highest BCUT2D eigenvalue weighted by Gasteiger charge is 2.25. The number of carbonyl (C=O) groups excluding carboxylic acids is 2. The van der Waals surface area contributed by atoms with Gasteiger partial charge in [-0.1, -0.05) is 12.1 Å². The number of carbonyl (C=O) groups is 3. The summed E-state index contributed by atoms with van der Waals surface area (Å²) in [6.07, 6.45) is 3.32. The number of benzene rings is 1. The predicted octanol–water partition coefficient (Wildman–Crippen LogP) is -1.09. The number of phenols is 1. The van der Waals surface area contributed by atoms with Crippen LogP contribution in [0.2, 0.25) is 0 Å². The van der Waals surface area contributed by atoms with Gasteiger partial charge < -0.3 is 31.6 Å². The summed E-state index contributed by atoms with van der Waals surface area (Å²) < 4.78 is 0. The van der Waals surface area contributed by atoms with Crippen LogP contribution in [0.5, 0.6) is 5.75 Å². The molecule has 10 heteroatoms. The van der Waals surface area contributed by atoms with Crippen molar-refractivity contribution in [1.82, 2.24) is 20.6 Å². The molecule has 0 radical (unpaired) electrons. The molecule has 7 N–H and O–H groups in total. The molecule has 1 heterocycles. The van der Waals surface area contributed by atoms with Crippen LogP contribution in [-0.2, 0) is 27.2 Å². The molecule has 0 unspecified atom stereocenters. The second-order valence-electron chi connectivity index (χ2n) is 5.93. The van der Waals surface area contributed by atoms with Gasteiger partial charge in [0.25, 0.3) is 0 Å². The molecule has 2 rings (SSSR count). The molecule has 0 aliphatic carbocycles. The molecular weight excluding hydrogens is 354 g/mol. The number of nitrogens with zero attached hydrogens (tertiary/aromatic N) is 1. The molecule has 0 bridgehead atoms. The number of H-pyrrole nitrogens is 1. The summed E-state index contributed by atoms with van der Waals surface area (Å²) in [6, 6.07) is 4.17. The number of amides is 2. The third kappa shape index (κ3) is 6.44. The highest BCUT2D eigenvalue weighted by Crippen LogP contribution is 2.11. The van der Waals surface area contributed by atoms with Crippen LogP contribution < -0.4 is 16.4 Å². The molecule has 2 aromatic rings. The summed E-state index contributed by atoms with van der Waals surface area (Å²) >= 11 is 0. The fraction of sp³-hybridized carbons (Fsp3) is 0.294. The average Bonchev–Trinajstić information content (AvgIpc) is 3.13. The number of aliphatic carboxylic acids is 1. The van der Waals surface area contributed by atoms with Crippen molar-refractivity contribution in [1.29, 1.82) is 0 Å². The van der Waals surface area contributed by atoms with Gasteiger partial charge >= 0.3 is 5.97 Å². The van der Waals surface area contributed by atoms with Crippen LogP contribution >= 0.6 is 0 Å². The average molecular weight is 375 g/mol. The molecule has 1 aromatic heterocycles. The molecule has 0 spiro atoms. The lowest BCUT2D eigenvalue weighted by Gasteiger charge is -2.20. The van der Waals surface area contributed by atoms with E-state index < -0.39 is 36.4 Å². The zero-order valence-electron chi connectivity index (χ0n) is 14.4. The number of rotatable bonds is 9. The Balaban J connectivity index is 2.05. The second kappa shape index (κ2) is 9.34. The molecule has 2 atom stereocenters. The van der Waals surface area contributed by atoms with Gasteiger partial charge in [-0.3, -0.25) is 14.4 Å². The number of hydrogen-bond donors (Lipinski definition) is 6. The number of carboxylic acids is 1. The minimum Gasteiger partial charge on any atom is -0.508 e. The first kappa shape index (κ1) is 19.9. The number of nitrogens with one attached hydrogen (secondary N) is 3. The van der Waals surface area contributed by atoms with Crippen LogP contribution in [0.4, 0.5) is 0 Å². The number of hydrogen-bond acceptors (Lipinski definition) is 6. The van der Waals surface area contributed by atoms with Crippen LogP contribution in [-0.4, -0.2) is 56.6 Å². The Kier molecular flexibility index (Phi) is 6.89. The van der Waals surface area contributed by atoms with E-state index in [1.807, 2.05) is 0 Å². The Bertz CT molecular complexity index is 776. The number of aromatic hydroxyl groups is 1. The number of carboxylic acid groups (broad SMARTS) is 1. The Morgan fingerprint density at radius 1 is 1.15 bits per heavy atom. The van der Waals surface area contributed by atoms with Crippen molar-refractivity contribution in [3.05, 3.63) is 48.0 Å². The molecule has 10 nitrogen and oxygen atoms in total. The topological polar surface area (TPSA) is 170 Å². The third-order valence-corrected chi connectivity index (χ3v) is 3.75. The molecule has 27 heavy (non-hydrogen) atoms. The molecule has 1 aromatic carbocycles. The van der Waals surface area contributed by atoms with Gasteiger partial charge in [0.05, 0.1) is 12.4 Å². The van der Waals surface area contributed by atoms with Crippen molar-refractivity contribution in [2.75, 3.05) is 6.54 Å². The highest BCUT2D eigenvalue weighted by molar-refractivity contribution is 5.91. The van der Waals surface area contributed by atoms with Gasteiger partial charge in [-0.2, -0.15) is 0 Å². The van der Waals surface area contributed by atoms with E-state index in [0.717, 1.165) is 0 Å². The third-order valence-electron chi connectivity index (χ3n) is 3.75. The van der Waals surface area contributed by atoms with Gasteiger partial charge in [0, 0.05) is 24.7 Å². The lowest BCUT2D eigenvalue weighted by Crippen LogP contribution is -2.53. The predicted molar refractivity (Wildman–Crippen MR) is 94.7 cm³/mol. The minimum atomic E-state index is -1.20. The van der Waals surface area contributed by atoms with Gasteiger partial charge in [-0.25, -0.2) is 4.98 Å². The molecule has 0 aliphatic heterocycles. The van der Waals surface area contributed by atoms with Crippen molar-refractivity contribution in [3.63, 3.8) is 0 Å². The summed E-state index contributed by atoms with van der Waals surface area (Å²) in [5.74, 6) is -2.34. The number of aromatic nitrogens is 2. The van der Waals surface area contributed by atoms with E-state index in [1.54, 1.807) is 18.3 Å². The van der Waals surface area contributed by atoms with E-state index in [-0.39, 0.29) is 18.6 Å². The second-order valence-corrected chi connectivity index (χ2v) is 5.93. The summed E-state index contributed by atoms with van der Waals surface area (Å²) in [4.78, 5) is 42.0. The highest BCUT2D eigenvalue weighted by atomic mass is 16.4. The quantitative estimate of drug-likeness (QED) is 0.323.